The van der Waals surface area contributed by atoms with Crippen molar-refractivity contribution in [3.8, 4) is 0 Å². The van der Waals surface area contributed by atoms with Gasteiger partial charge in [0.25, 0.3) is 0 Å². The van der Waals surface area contributed by atoms with Crippen molar-refractivity contribution in [2.24, 2.45) is 11.8 Å². The Labute approximate surface area is 301 Å². The van der Waals surface area contributed by atoms with Gasteiger partial charge in [-0.25, -0.2) is 14.4 Å². The van der Waals surface area contributed by atoms with E-state index in [2.05, 4.69) is 54.9 Å². The highest BCUT2D eigenvalue weighted by Crippen LogP contribution is 2.19. The normalized spacial score (nSPS) is 20.9. The molecule has 0 aromatic rings. The summed E-state index contributed by atoms with van der Waals surface area (Å²) in [6.07, 6.45) is 14.0. The number of alkyl carbamates (subject to hydrolysis) is 3. The third kappa shape index (κ3) is 34.8. The Balaban J connectivity index is -0.000000605. The molecule has 0 spiro atoms. The molecule has 3 aliphatic carbocycles. The smallest absolute Gasteiger partial charge is 0.408 e. The van der Waals surface area contributed by atoms with Gasteiger partial charge in [-0.05, 0) is 107 Å². The van der Waals surface area contributed by atoms with E-state index in [1.165, 1.54) is 5.57 Å². The molecule has 288 valence electrons. The summed E-state index contributed by atoms with van der Waals surface area (Å²) in [6, 6.07) is 0.504. The van der Waals surface area contributed by atoms with E-state index >= 15 is 0 Å². The van der Waals surface area contributed by atoms with Crippen LogP contribution in [0.2, 0.25) is 0 Å². The van der Waals surface area contributed by atoms with E-state index in [4.69, 9.17) is 43.0 Å². The van der Waals surface area contributed by atoms with Gasteiger partial charge < -0.3 is 30.2 Å². The quantitative estimate of drug-likeness (QED) is 0.232. The molecule has 3 amide bonds. The monoisotopic (exact) mass is 723 g/mol. The van der Waals surface area contributed by atoms with Gasteiger partial charge in [0.15, 0.2) is 0 Å². The van der Waals surface area contributed by atoms with Gasteiger partial charge >= 0.3 is 36.7 Å². The Morgan fingerprint density at radius 1 is 0.588 bits per heavy atom. The molecule has 3 N–H and O–H groups in total. The predicted molar refractivity (Wildman–Crippen MR) is 183 cm³/mol. The zero-order valence-corrected chi connectivity index (χ0v) is 32.0. The molecule has 15 heteroatoms. The number of amides is 3. The number of ether oxygens (including phenoxy) is 3. The number of allylic oxidation sites excluding steroid dienone is 2. The average molecular weight is 724 g/mol. The van der Waals surface area contributed by atoms with Crippen LogP contribution in [-0.2, 0) is 43.0 Å². The van der Waals surface area contributed by atoms with E-state index in [1.54, 1.807) is 0 Å². The molecule has 0 radical (unpaired) electrons. The zero-order valence-electron chi connectivity index (χ0n) is 32.0. The summed E-state index contributed by atoms with van der Waals surface area (Å²) < 4.78 is 15.5. The minimum atomic E-state index is -0.419. The van der Waals surface area contributed by atoms with Crippen molar-refractivity contribution in [1.82, 2.24) is 16.0 Å². The van der Waals surface area contributed by atoms with E-state index in [9.17, 15) is 14.4 Å². The molecule has 1 unspecified atom stereocenters. The first-order valence-corrected chi connectivity index (χ1v) is 16.3. The third-order valence-corrected chi connectivity index (χ3v) is 6.04. The number of nitrogens with one attached hydrogen (secondary N) is 3. The second-order valence-corrected chi connectivity index (χ2v) is 14.8. The number of carbonyl (C=O) groups is 3. The standard InChI is InChI=1S/3C11H19NO2.3CO2/c3*1-8-5-6-9(7-8)12-10(13)14-11(2,3)4;3*2-1-3/h5,9H,6-7H2,1-4H3,(H,12,13);2*5-6,8-9H,7H2,1-4H3,(H,12,13);;;/t9-;8?,9-;8-,9+;;;/m001.../s1. The van der Waals surface area contributed by atoms with Crippen LogP contribution in [0.3, 0.4) is 0 Å². The predicted octanol–water partition coefficient (Wildman–Crippen LogP) is 5.82. The van der Waals surface area contributed by atoms with Crippen molar-refractivity contribution in [3.63, 3.8) is 0 Å². The Morgan fingerprint density at radius 2 is 0.882 bits per heavy atom. The molecule has 15 nitrogen and oxygen atoms in total. The summed E-state index contributed by atoms with van der Waals surface area (Å²) in [5, 5.41) is 8.49. The van der Waals surface area contributed by atoms with Gasteiger partial charge in [-0.2, -0.15) is 28.8 Å². The van der Waals surface area contributed by atoms with E-state index in [0.29, 0.717) is 11.8 Å². The van der Waals surface area contributed by atoms with Crippen LogP contribution in [0.4, 0.5) is 14.4 Å². The molecule has 0 aromatic carbocycles. The first kappa shape index (κ1) is 50.5. The van der Waals surface area contributed by atoms with E-state index < -0.39 is 16.8 Å². The van der Waals surface area contributed by atoms with Gasteiger partial charge in [-0.3, -0.25) is 0 Å². The molecule has 0 aromatic heterocycles. The van der Waals surface area contributed by atoms with Crippen LogP contribution < -0.4 is 16.0 Å². The molecule has 51 heavy (non-hydrogen) atoms. The molecular formula is C36H57N3O12. The van der Waals surface area contributed by atoms with Gasteiger partial charge in [0, 0.05) is 6.04 Å². The highest BCUT2D eigenvalue weighted by atomic mass is 16.6. The molecule has 0 saturated heterocycles. The van der Waals surface area contributed by atoms with Crippen molar-refractivity contribution in [3.05, 3.63) is 36.0 Å². The van der Waals surface area contributed by atoms with Crippen LogP contribution in [0, 0.1) is 11.8 Å². The highest BCUT2D eigenvalue weighted by molar-refractivity contribution is 5.69. The molecule has 0 aliphatic heterocycles. The van der Waals surface area contributed by atoms with Crippen molar-refractivity contribution in [2.75, 3.05) is 0 Å². The average Bonchev–Trinajstić information content (AvgIpc) is 3.64. The molecule has 0 heterocycles. The Kier molecular flexibility index (Phi) is 25.8. The zero-order chi connectivity index (χ0) is 40.4. The summed E-state index contributed by atoms with van der Waals surface area (Å²) in [7, 11) is 0. The largest absolute Gasteiger partial charge is 0.444 e. The fourth-order valence-corrected chi connectivity index (χ4v) is 4.38. The first-order chi connectivity index (χ1) is 23.3. The van der Waals surface area contributed by atoms with Gasteiger partial charge in [-0.1, -0.05) is 49.8 Å². The minimum Gasteiger partial charge on any atom is -0.444 e. The second-order valence-electron chi connectivity index (χ2n) is 14.8. The van der Waals surface area contributed by atoms with E-state index in [-0.39, 0.29) is 54.9 Å². The van der Waals surface area contributed by atoms with Gasteiger partial charge in [-0.15, -0.1) is 0 Å². The fourth-order valence-electron chi connectivity index (χ4n) is 4.38. The number of carbonyl (C=O) groups excluding carboxylic acids is 9. The Morgan fingerprint density at radius 3 is 1.10 bits per heavy atom. The Bertz CT molecular complexity index is 1170. The topological polar surface area (TPSA) is 217 Å². The number of rotatable bonds is 3. The lowest BCUT2D eigenvalue weighted by Gasteiger charge is -2.21. The molecule has 3 rings (SSSR count). The summed E-state index contributed by atoms with van der Waals surface area (Å²) in [4.78, 5) is 82.8. The lowest BCUT2D eigenvalue weighted by atomic mass is 10.1. The number of hydrogen-bond donors (Lipinski definition) is 3. The Hall–Kier alpha value is -4.83. The number of hydrogen-bond acceptors (Lipinski definition) is 12. The van der Waals surface area contributed by atoms with Crippen molar-refractivity contribution < 1.29 is 57.4 Å². The molecule has 3 aliphatic rings. The second kappa shape index (κ2) is 26.0. The van der Waals surface area contributed by atoms with Crippen molar-refractivity contribution in [2.45, 2.75) is 144 Å². The highest BCUT2D eigenvalue weighted by Gasteiger charge is 2.23. The van der Waals surface area contributed by atoms with E-state index in [1.807, 2.05) is 74.5 Å². The maximum Gasteiger partial charge on any atom is 0.408 e. The molecule has 5 atom stereocenters. The van der Waals surface area contributed by atoms with Crippen LogP contribution in [0.15, 0.2) is 36.0 Å². The first-order valence-electron chi connectivity index (χ1n) is 16.3. The lowest BCUT2D eigenvalue weighted by molar-refractivity contribution is -0.193. The van der Waals surface area contributed by atoms with Gasteiger partial charge in [0.1, 0.15) is 16.8 Å². The van der Waals surface area contributed by atoms with Crippen molar-refractivity contribution in [1.29, 1.82) is 0 Å². The molecular weight excluding hydrogens is 666 g/mol. The van der Waals surface area contributed by atoms with E-state index in [0.717, 1.165) is 25.7 Å². The summed E-state index contributed by atoms with van der Waals surface area (Å²) in [5.74, 6) is 1.10. The van der Waals surface area contributed by atoms with Gasteiger partial charge in [0.05, 0.1) is 12.1 Å². The molecule has 0 bridgehead atoms. The van der Waals surface area contributed by atoms with Gasteiger partial charge in [0.2, 0.25) is 0 Å². The third-order valence-electron chi connectivity index (χ3n) is 6.04. The lowest BCUT2D eigenvalue weighted by Crippen LogP contribution is -2.38. The maximum atomic E-state index is 11.4. The molecule has 0 fully saturated rings. The summed E-state index contributed by atoms with van der Waals surface area (Å²) in [5.41, 5.74) is 0.0901. The van der Waals surface area contributed by atoms with Crippen LogP contribution in [-0.4, -0.2) is 71.7 Å². The molecule has 0 saturated carbocycles. The van der Waals surface area contributed by atoms with Crippen molar-refractivity contribution >= 4 is 36.7 Å². The van der Waals surface area contributed by atoms with Crippen LogP contribution in [0.5, 0.6) is 0 Å². The SMILES string of the molecule is CC1=CC[C@H](NC(=O)OC(C)(C)C)C1.CC1C=C[C@H](NC(=O)OC(C)(C)C)C1.C[C@@H]1C=C[C@H](NC(=O)OC(C)(C)C)C1.O=C=O.O=C=O.O=C=O. The van der Waals surface area contributed by atoms with Crippen LogP contribution in [0.1, 0.15) is 109 Å². The summed E-state index contributed by atoms with van der Waals surface area (Å²) in [6.45, 7) is 23.1. The van der Waals surface area contributed by atoms with Crippen LogP contribution in [0.25, 0.3) is 0 Å². The maximum absolute atomic E-state index is 11.4. The minimum absolute atomic E-state index is 0.139. The van der Waals surface area contributed by atoms with Crippen LogP contribution >= 0.6 is 0 Å². The summed E-state index contributed by atoms with van der Waals surface area (Å²) >= 11 is 0. The fraction of sp³-hybridized carbons (Fsp3) is 0.667.